The molecule has 0 radical (unpaired) electrons. The average Bonchev–Trinajstić information content (AvgIpc) is 2.66. The lowest BCUT2D eigenvalue weighted by atomic mass is 10.2. The first-order valence-electron chi connectivity index (χ1n) is 4.57. The SMILES string of the molecule is Fc1ccc(F)c(NCc2csc(Br)c2)c1. The summed E-state index contributed by atoms with van der Waals surface area (Å²) in [5, 5.41) is 4.81. The van der Waals surface area contributed by atoms with E-state index in [-0.39, 0.29) is 5.69 Å². The monoisotopic (exact) mass is 303 g/mol. The van der Waals surface area contributed by atoms with E-state index in [9.17, 15) is 8.78 Å². The van der Waals surface area contributed by atoms with Crippen molar-refractivity contribution in [2.24, 2.45) is 0 Å². The van der Waals surface area contributed by atoms with Gasteiger partial charge in [-0.15, -0.1) is 11.3 Å². The Morgan fingerprint density at radius 2 is 2.06 bits per heavy atom. The second-order valence-electron chi connectivity index (χ2n) is 3.24. The van der Waals surface area contributed by atoms with Gasteiger partial charge in [0.25, 0.3) is 0 Å². The van der Waals surface area contributed by atoms with Crippen LogP contribution in [0, 0.1) is 11.6 Å². The van der Waals surface area contributed by atoms with E-state index in [0.717, 1.165) is 27.5 Å². The van der Waals surface area contributed by atoms with Crippen LogP contribution >= 0.6 is 27.3 Å². The van der Waals surface area contributed by atoms with Gasteiger partial charge in [-0.1, -0.05) is 0 Å². The molecule has 0 atom stereocenters. The highest BCUT2D eigenvalue weighted by Gasteiger charge is 2.04. The van der Waals surface area contributed by atoms with Crippen LogP contribution in [0.25, 0.3) is 0 Å². The lowest BCUT2D eigenvalue weighted by Crippen LogP contribution is -2.00. The second-order valence-corrected chi connectivity index (χ2v) is 5.53. The largest absolute Gasteiger partial charge is 0.378 e. The first-order chi connectivity index (χ1) is 7.65. The molecule has 1 aromatic carbocycles. The van der Waals surface area contributed by atoms with Crippen molar-refractivity contribution < 1.29 is 8.78 Å². The standard InChI is InChI=1S/C11H8BrF2NS/c12-11-3-7(6-16-11)5-15-10-4-8(13)1-2-9(10)14/h1-4,6,15H,5H2. The molecule has 0 bridgehead atoms. The third-order valence-electron chi connectivity index (χ3n) is 2.03. The fraction of sp³-hybridized carbons (Fsp3) is 0.0909. The van der Waals surface area contributed by atoms with Crippen LogP contribution in [0.5, 0.6) is 0 Å². The Balaban J connectivity index is 2.07. The van der Waals surface area contributed by atoms with Crippen molar-refractivity contribution in [2.45, 2.75) is 6.54 Å². The number of thiophene rings is 1. The highest BCUT2D eigenvalue weighted by Crippen LogP contribution is 2.22. The highest BCUT2D eigenvalue weighted by molar-refractivity contribution is 9.11. The van der Waals surface area contributed by atoms with Gasteiger partial charge in [0.15, 0.2) is 0 Å². The molecule has 0 amide bonds. The summed E-state index contributed by atoms with van der Waals surface area (Å²) in [4.78, 5) is 0. The van der Waals surface area contributed by atoms with Crippen molar-refractivity contribution in [1.82, 2.24) is 0 Å². The van der Waals surface area contributed by atoms with E-state index in [1.165, 1.54) is 0 Å². The molecule has 0 saturated heterocycles. The van der Waals surface area contributed by atoms with E-state index in [2.05, 4.69) is 21.2 Å². The number of halogens is 3. The second kappa shape index (κ2) is 4.93. The third kappa shape index (κ3) is 2.80. The number of hydrogen-bond acceptors (Lipinski definition) is 2. The summed E-state index contributed by atoms with van der Waals surface area (Å²) in [5.41, 5.74) is 1.21. The minimum absolute atomic E-state index is 0.183. The Hall–Kier alpha value is -0.940. The van der Waals surface area contributed by atoms with E-state index in [1.807, 2.05) is 11.4 Å². The van der Waals surface area contributed by atoms with Crippen LogP contribution in [-0.4, -0.2) is 0 Å². The minimum Gasteiger partial charge on any atom is -0.378 e. The number of anilines is 1. The Bertz CT molecular complexity index is 498. The predicted molar refractivity (Wildman–Crippen MR) is 65.7 cm³/mol. The van der Waals surface area contributed by atoms with Crippen molar-refractivity contribution >= 4 is 33.0 Å². The lowest BCUT2D eigenvalue weighted by Gasteiger charge is -2.06. The van der Waals surface area contributed by atoms with E-state index in [4.69, 9.17) is 0 Å². The summed E-state index contributed by atoms with van der Waals surface area (Å²) in [6.45, 7) is 0.475. The van der Waals surface area contributed by atoms with Crippen molar-refractivity contribution in [3.8, 4) is 0 Å². The summed E-state index contributed by atoms with van der Waals surface area (Å²) in [6.07, 6.45) is 0. The predicted octanol–water partition coefficient (Wildman–Crippen LogP) is 4.40. The molecule has 1 aromatic heterocycles. The van der Waals surface area contributed by atoms with Crippen LogP contribution in [0.15, 0.2) is 33.4 Å². The molecule has 0 unspecified atom stereocenters. The van der Waals surface area contributed by atoms with Crippen LogP contribution in [0.1, 0.15) is 5.56 Å². The summed E-state index contributed by atoms with van der Waals surface area (Å²) >= 11 is 4.90. The molecule has 0 spiro atoms. The molecule has 0 fully saturated rings. The lowest BCUT2D eigenvalue weighted by molar-refractivity contribution is 0.602. The van der Waals surface area contributed by atoms with Gasteiger partial charge in [0.05, 0.1) is 9.47 Å². The van der Waals surface area contributed by atoms with Crippen molar-refractivity contribution in [1.29, 1.82) is 0 Å². The van der Waals surface area contributed by atoms with Crippen LogP contribution in [0.4, 0.5) is 14.5 Å². The fourth-order valence-electron chi connectivity index (χ4n) is 1.27. The Morgan fingerprint density at radius 3 is 2.75 bits per heavy atom. The summed E-state index contributed by atoms with van der Waals surface area (Å²) < 4.78 is 27.1. The zero-order valence-corrected chi connectivity index (χ0v) is 10.5. The van der Waals surface area contributed by atoms with Gasteiger partial charge in [0.1, 0.15) is 11.6 Å². The molecule has 2 aromatic rings. The van der Waals surface area contributed by atoms with Crippen LogP contribution in [0.3, 0.4) is 0 Å². The van der Waals surface area contributed by atoms with Crippen molar-refractivity contribution in [2.75, 3.05) is 5.32 Å². The van der Waals surface area contributed by atoms with Crippen molar-refractivity contribution in [3.63, 3.8) is 0 Å². The van der Waals surface area contributed by atoms with E-state index in [1.54, 1.807) is 11.3 Å². The summed E-state index contributed by atoms with van der Waals surface area (Å²) in [7, 11) is 0. The van der Waals surface area contributed by atoms with Gasteiger partial charge in [-0.3, -0.25) is 0 Å². The van der Waals surface area contributed by atoms with Crippen molar-refractivity contribution in [3.05, 3.63) is 50.6 Å². The maximum absolute atomic E-state index is 13.2. The van der Waals surface area contributed by atoms with Gasteiger partial charge < -0.3 is 5.32 Å². The maximum Gasteiger partial charge on any atom is 0.146 e. The zero-order valence-electron chi connectivity index (χ0n) is 8.14. The normalized spacial score (nSPS) is 10.4. The molecule has 0 aliphatic rings. The smallest absolute Gasteiger partial charge is 0.146 e. The molecule has 0 aliphatic carbocycles. The number of nitrogens with one attached hydrogen (secondary N) is 1. The van der Waals surface area contributed by atoms with Gasteiger partial charge in [0, 0.05) is 6.54 Å². The van der Waals surface area contributed by atoms with E-state index in [0.29, 0.717) is 6.54 Å². The molecule has 2 rings (SSSR count). The molecular weight excluding hydrogens is 296 g/mol. The quantitative estimate of drug-likeness (QED) is 0.886. The maximum atomic E-state index is 13.2. The van der Waals surface area contributed by atoms with Gasteiger partial charge in [0.2, 0.25) is 0 Å². The fourth-order valence-corrected chi connectivity index (χ4v) is 2.48. The van der Waals surface area contributed by atoms with E-state index >= 15 is 0 Å². The molecule has 1 nitrogen and oxygen atoms in total. The molecule has 1 heterocycles. The van der Waals surface area contributed by atoms with Crippen LogP contribution < -0.4 is 5.32 Å². The third-order valence-corrected chi connectivity index (χ3v) is 3.59. The highest BCUT2D eigenvalue weighted by atomic mass is 79.9. The topological polar surface area (TPSA) is 12.0 Å². The number of rotatable bonds is 3. The molecule has 84 valence electrons. The first-order valence-corrected chi connectivity index (χ1v) is 6.24. The van der Waals surface area contributed by atoms with E-state index < -0.39 is 11.6 Å². The molecule has 0 saturated carbocycles. The van der Waals surface area contributed by atoms with Crippen LogP contribution in [-0.2, 0) is 6.54 Å². The molecule has 16 heavy (non-hydrogen) atoms. The number of hydrogen-bond donors (Lipinski definition) is 1. The summed E-state index contributed by atoms with van der Waals surface area (Å²) in [5.74, 6) is -0.897. The molecule has 1 N–H and O–H groups in total. The Labute approximate surface area is 104 Å². The molecular formula is C11H8BrF2NS. The summed E-state index contributed by atoms with van der Waals surface area (Å²) in [6, 6.07) is 5.30. The van der Waals surface area contributed by atoms with Gasteiger partial charge in [-0.2, -0.15) is 0 Å². The Morgan fingerprint density at radius 1 is 1.25 bits per heavy atom. The van der Waals surface area contributed by atoms with Gasteiger partial charge in [-0.05, 0) is 51.1 Å². The number of benzene rings is 1. The van der Waals surface area contributed by atoms with Gasteiger partial charge >= 0.3 is 0 Å². The van der Waals surface area contributed by atoms with Gasteiger partial charge in [-0.25, -0.2) is 8.78 Å². The average molecular weight is 304 g/mol. The first kappa shape index (κ1) is 11.5. The molecule has 5 heteroatoms. The molecule has 0 aliphatic heterocycles. The van der Waals surface area contributed by atoms with Crippen LogP contribution in [0.2, 0.25) is 0 Å². The Kier molecular flexibility index (Phi) is 3.56. The minimum atomic E-state index is -0.449. The zero-order chi connectivity index (χ0) is 11.5.